The van der Waals surface area contributed by atoms with Gasteiger partial charge in [-0.3, -0.25) is 28.8 Å². The van der Waals surface area contributed by atoms with Crippen molar-refractivity contribution in [2.75, 3.05) is 44.0 Å². The molecule has 2 aromatic heterocycles. The van der Waals surface area contributed by atoms with E-state index in [4.69, 9.17) is 60.3 Å². The molecule has 0 spiro atoms. The molecule has 4 aromatic rings. The maximum Gasteiger partial charge on any atom is 0.325 e. The number of anilines is 1. The van der Waals surface area contributed by atoms with Gasteiger partial charge >= 0.3 is 10.8 Å². The number of amides is 2. The number of furan rings is 1. The van der Waals surface area contributed by atoms with Crippen LogP contribution in [0.2, 0.25) is 5.02 Å². The van der Waals surface area contributed by atoms with E-state index >= 15 is 0 Å². The normalized spacial score (nSPS) is 15.8. The van der Waals surface area contributed by atoms with Crippen LogP contribution >= 0.6 is 69.5 Å². The Kier molecular flexibility index (Phi) is 19.1. The molecule has 6 rings (SSSR count). The molecule has 1 fully saturated rings. The molecule has 1 saturated heterocycles. The van der Waals surface area contributed by atoms with Gasteiger partial charge in [0.15, 0.2) is 4.84 Å². The number of rotatable bonds is 12. The van der Waals surface area contributed by atoms with Gasteiger partial charge in [-0.15, -0.1) is 23.4 Å². The summed E-state index contributed by atoms with van der Waals surface area (Å²) in [4.78, 5) is 54.4. The monoisotopic (exact) mass is 949 g/mol. The molecule has 1 atom stereocenters. The molecule has 0 aliphatic carbocycles. The van der Waals surface area contributed by atoms with E-state index in [1.54, 1.807) is 47.6 Å². The van der Waals surface area contributed by atoms with Crippen molar-refractivity contribution >= 4 is 98.7 Å². The third-order valence-corrected chi connectivity index (χ3v) is 12.3. The maximum absolute atomic E-state index is 14.3. The molecule has 0 N–H and O–H groups in total. The second kappa shape index (κ2) is 23.2. The fraction of sp³-hybridized carbons (Fsp3) is 0.475. The highest BCUT2D eigenvalue weighted by atomic mass is 35.5. The SMILES string of the molecule is CC1(C)OC(c2ccco2)CN1C(=O)C(Cl)Cl.CCc1cccc(CC)c1N(COC)C(=O)CCl.COC(=O)CSc1cc(N=c2sc(=O)n3n2CCCC3)c(F)cc1Cl. The van der Waals surface area contributed by atoms with Crippen molar-refractivity contribution in [2.24, 2.45) is 4.99 Å². The van der Waals surface area contributed by atoms with Gasteiger partial charge < -0.3 is 23.5 Å². The van der Waals surface area contributed by atoms with Crippen LogP contribution in [0.15, 0.2) is 67.8 Å². The standard InChI is InChI=1S/C15H15ClFN3O3S2.C14H20ClNO2.C11H13Cl2NO3/c1-23-13(21)8-24-12-7-11(10(17)6-9(12)16)18-14-19-4-2-3-5-20(19)15(22)25-14;1-4-11-7-6-8-12(5-2)14(11)16(10-18-3)13(17)9-15;1-11(2)14(10(15)9(12)13)6-8(17-11)7-4-3-5-16-7/h6-7H,2-5,8H2,1H3;6-8H,4-5,9-10H2,1-3H3;3-5,8-9H,6H2,1-2H3. The van der Waals surface area contributed by atoms with Gasteiger partial charge in [0.1, 0.15) is 41.7 Å². The zero-order valence-electron chi connectivity index (χ0n) is 34.1. The molecule has 328 valence electrons. The predicted molar refractivity (Wildman–Crippen MR) is 234 cm³/mol. The van der Waals surface area contributed by atoms with Crippen molar-refractivity contribution in [1.29, 1.82) is 0 Å². The highest BCUT2D eigenvalue weighted by molar-refractivity contribution is 8.00. The summed E-state index contributed by atoms with van der Waals surface area (Å²) < 4.78 is 38.4. The number of halogens is 5. The number of hydrogen-bond acceptors (Lipinski definition) is 11. The minimum absolute atomic E-state index is 0.0371. The van der Waals surface area contributed by atoms with E-state index in [0.29, 0.717) is 35.1 Å². The number of hydrogen-bond donors (Lipinski definition) is 0. The van der Waals surface area contributed by atoms with E-state index in [9.17, 15) is 23.6 Å². The van der Waals surface area contributed by atoms with E-state index < -0.39 is 22.3 Å². The Bertz CT molecular complexity index is 2190. The molecule has 13 nitrogen and oxygen atoms in total. The third-order valence-electron chi connectivity index (χ3n) is 9.33. The van der Waals surface area contributed by atoms with Crippen molar-refractivity contribution < 1.29 is 37.4 Å². The predicted octanol–water partition coefficient (Wildman–Crippen LogP) is 8.50. The Balaban J connectivity index is 0.000000204. The maximum atomic E-state index is 14.3. The van der Waals surface area contributed by atoms with Crippen molar-refractivity contribution in [3.63, 3.8) is 0 Å². The smallest absolute Gasteiger partial charge is 0.325 e. The Morgan fingerprint density at radius 2 is 1.73 bits per heavy atom. The number of alkyl halides is 3. The molecule has 0 saturated carbocycles. The van der Waals surface area contributed by atoms with Crippen LogP contribution in [0.5, 0.6) is 0 Å². The summed E-state index contributed by atoms with van der Waals surface area (Å²) in [5, 5.41) is 0.199. The average molecular weight is 952 g/mol. The number of carbonyl (C=O) groups excluding carboxylic acids is 3. The lowest BCUT2D eigenvalue weighted by Gasteiger charge is -2.29. The number of esters is 1. The third kappa shape index (κ3) is 12.6. The second-order valence-corrected chi connectivity index (χ2v) is 17.3. The number of ether oxygens (including phenoxy) is 3. The average Bonchev–Trinajstić information content (AvgIpc) is 3.97. The molecule has 2 amide bonds. The van der Waals surface area contributed by atoms with Crippen LogP contribution in [0.4, 0.5) is 15.8 Å². The largest absolute Gasteiger partial charge is 0.468 e. The first-order valence-electron chi connectivity index (χ1n) is 18.9. The molecule has 0 radical (unpaired) electrons. The molecule has 4 heterocycles. The van der Waals surface area contributed by atoms with Crippen LogP contribution in [0.25, 0.3) is 0 Å². The summed E-state index contributed by atoms with van der Waals surface area (Å²) in [5.41, 5.74) is 2.58. The van der Waals surface area contributed by atoms with Gasteiger partial charge in [-0.1, -0.05) is 66.8 Å². The highest BCUT2D eigenvalue weighted by Gasteiger charge is 2.45. The summed E-state index contributed by atoms with van der Waals surface area (Å²) >= 11 is 25.1. The van der Waals surface area contributed by atoms with Crippen molar-refractivity contribution in [3.05, 3.63) is 90.9 Å². The second-order valence-electron chi connectivity index (χ2n) is 13.6. The number of thioether (sulfide) groups is 1. The van der Waals surface area contributed by atoms with Crippen molar-refractivity contribution in [1.82, 2.24) is 14.3 Å². The molecule has 60 heavy (non-hydrogen) atoms. The molecule has 2 aliphatic heterocycles. The van der Waals surface area contributed by atoms with E-state index in [-0.39, 0.29) is 51.9 Å². The van der Waals surface area contributed by atoms with Crippen LogP contribution in [-0.4, -0.2) is 81.7 Å². The zero-order valence-corrected chi connectivity index (χ0v) is 38.7. The highest BCUT2D eigenvalue weighted by Crippen LogP contribution is 2.37. The number of nitrogens with zero attached hydrogens (tertiary/aromatic N) is 5. The molecular weight excluding hydrogens is 903 g/mol. The first-order chi connectivity index (χ1) is 28.6. The summed E-state index contributed by atoms with van der Waals surface area (Å²) in [5.74, 6) is -0.756. The Hall–Kier alpha value is -3.35. The van der Waals surface area contributed by atoms with Crippen molar-refractivity contribution in [2.45, 2.75) is 88.0 Å². The molecule has 1 unspecified atom stereocenters. The number of benzene rings is 2. The summed E-state index contributed by atoms with van der Waals surface area (Å²) in [6.07, 6.45) is 4.93. The Morgan fingerprint density at radius 3 is 2.30 bits per heavy atom. The van der Waals surface area contributed by atoms with Gasteiger partial charge in [0.2, 0.25) is 10.7 Å². The Labute approximate surface area is 376 Å². The van der Waals surface area contributed by atoms with Gasteiger partial charge in [-0.05, 0) is 86.3 Å². The molecular formula is C40H48Cl4FN5O8S2. The Morgan fingerprint density at radius 1 is 1.07 bits per heavy atom. The lowest BCUT2D eigenvalue weighted by atomic mass is 10.0. The number of aromatic nitrogens is 2. The summed E-state index contributed by atoms with van der Waals surface area (Å²) in [7, 11) is 2.87. The summed E-state index contributed by atoms with van der Waals surface area (Å²) in [6.45, 7) is 9.69. The minimum Gasteiger partial charge on any atom is -0.468 e. The number of methoxy groups -OCH3 is 2. The van der Waals surface area contributed by atoms with Crippen LogP contribution < -0.4 is 14.6 Å². The molecule has 2 aromatic carbocycles. The van der Waals surface area contributed by atoms with Crippen molar-refractivity contribution in [3.8, 4) is 0 Å². The van der Waals surface area contributed by atoms with E-state index in [2.05, 4.69) is 23.6 Å². The van der Waals surface area contributed by atoms with Gasteiger partial charge in [0, 0.05) is 25.1 Å². The quantitative estimate of drug-likeness (QED) is 0.0593. The summed E-state index contributed by atoms with van der Waals surface area (Å²) in [6, 6.07) is 12.3. The van der Waals surface area contributed by atoms with E-state index in [1.807, 2.05) is 24.3 Å². The number of carbonyl (C=O) groups is 3. The van der Waals surface area contributed by atoms with Gasteiger partial charge in [-0.2, -0.15) is 0 Å². The fourth-order valence-corrected chi connectivity index (χ4v) is 8.75. The number of aryl methyl sites for hydroxylation is 2. The molecule has 20 heteroatoms. The molecule has 0 bridgehead atoms. The van der Waals surface area contributed by atoms with Crippen LogP contribution in [0.1, 0.15) is 63.5 Å². The fourth-order valence-electron chi connectivity index (χ4n) is 6.39. The first kappa shape index (κ1) is 49.3. The minimum atomic E-state index is -1.08. The van der Waals surface area contributed by atoms with E-state index in [1.165, 1.54) is 18.1 Å². The van der Waals surface area contributed by atoms with Crippen LogP contribution in [-0.2, 0) is 54.5 Å². The van der Waals surface area contributed by atoms with Crippen LogP contribution in [0.3, 0.4) is 0 Å². The lowest BCUT2D eigenvalue weighted by Crippen LogP contribution is -2.45. The zero-order chi connectivity index (χ0) is 44.1. The topological polar surface area (TPSA) is 138 Å². The van der Waals surface area contributed by atoms with Gasteiger partial charge in [-0.25, -0.2) is 14.1 Å². The van der Waals surface area contributed by atoms with Gasteiger partial charge in [0.25, 0.3) is 5.91 Å². The number of fused-ring (bicyclic) bond motifs is 1. The molecule has 2 aliphatic rings. The first-order valence-corrected chi connectivity index (χ1v) is 22.5. The lowest BCUT2D eigenvalue weighted by molar-refractivity contribution is -0.144. The van der Waals surface area contributed by atoms with Crippen LogP contribution in [0, 0.1) is 5.82 Å². The van der Waals surface area contributed by atoms with Gasteiger partial charge in [0.05, 0.1) is 36.4 Å². The number of para-hydroxylation sites is 1. The van der Waals surface area contributed by atoms with E-state index in [0.717, 1.165) is 71.7 Å².